The molecular weight excluding hydrogens is 321 g/mol. The van der Waals surface area contributed by atoms with Crippen LogP contribution in [0, 0.1) is 5.82 Å². The lowest BCUT2D eigenvalue weighted by atomic mass is 10.1. The first-order valence-corrected chi connectivity index (χ1v) is 7.78. The fourth-order valence-corrected chi connectivity index (χ4v) is 2.50. The Bertz CT molecular complexity index is 980. The fourth-order valence-electron chi connectivity index (χ4n) is 2.50. The zero-order valence-electron chi connectivity index (χ0n) is 13.2. The van der Waals surface area contributed by atoms with Crippen molar-refractivity contribution in [2.75, 3.05) is 0 Å². The molecule has 0 bridgehead atoms. The van der Waals surface area contributed by atoms with Gasteiger partial charge in [-0.3, -0.25) is 0 Å². The van der Waals surface area contributed by atoms with Crippen molar-refractivity contribution in [1.29, 1.82) is 0 Å². The van der Waals surface area contributed by atoms with Crippen molar-refractivity contribution in [2.24, 2.45) is 0 Å². The molecule has 4 aromatic rings. The van der Waals surface area contributed by atoms with Gasteiger partial charge in [-0.05, 0) is 23.3 Å². The summed E-state index contributed by atoms with van der Waals surface area (Å²) in [6, 6.07) is 16.3. The third-order valence-electron chi connectivity index (χ3n) is 3.66. The molecule has 0 saturated heterocycles. The van der Waals surface area contributed by atoms with Crippen molar-refractivity contribution >= 4 is 0 Å². The first-order valence-electron chi connectivity index (χ1n) is 7.78. The molecule has 0 radical (unpaired) electrons. The van der Waals surface area contributed by atoms with Crippen LogP contribution in [0.25, 0.3) is 11.6 Å². The number of aromatic nitrogens is 5. The maximum atomic E-state index is 13.2. The van der Waals surface area contributed by atoms with E-state index in [0.29, 0.717) is 30.4 Å². The maximum absolute atomic E-state index is 13.2. The van der Waals surface area contributed by atoms with Crippen molar-refractivity contribution in [2.45, 2.75) is 13.0 Å². The summed E-state index contributed by atoms with van der Waals surface area (Å²) in [4.78, 5) is 4.31. The third kappa shape index (κ3) is 3.60. The normalized spacial score (nSPS) is 10.9. The summed E-state index contributed by atoms with van der Waals surface area (Å²) in [7, 11) is 0. The monoisotopic (exact) mass is 335 g/mol. The second kappa shape index (κ2) is 6.64. The lowest BCUT2D eigenvalue weighted by Gasteiger charge is -1.98. The van der Waals surface area contributed by atoms with E-state index >= 15 is 0 Å². The molecule has 0 spiro atoms. The van der Waals surface area contributed by atoms with E-state index in [1.807, 2.05) is 36.4 Å². The molecule has 0 amide bonds. The number of hydrogen-bond acceptors (Lipinski definition) is 5. The molecule has 7 heteroatoms. The van der Waals surface area contributed by atoms with Gasteiger partial charge < -0.3 is 4.52 Å². The van der Waals surface area contributed by atoms with Crippen molar-refractivity contribution in [3.8, 4) is 11.6 Å². The highest BCUT2D eigenvalue weighted by Crippen LogP contribution is 2.16. The van der Waals surface area contributed by atoms with Gasteiger partial charge in [0.05, 0.1) is 12.7 Å². The van der Waals surface area contributed by atoms with Gasteiger partial charge in [0.1, 0.15) is 5.82 Å². The highest BCUT2D eigenvalue weighted by Gasteiger charge is 2.13. The van der Waals surface area contributed by atoms with E-state index < -0.39 is 0 Å². The molecule has 124 valence electrons. The number of rotatable bonds is 5. The Morgan fingerprint density at radius 2 is 1.84 bits per heavy atom. The van der Waals surface area contributed by atoms with E-state index in [4.69, 9.17) is 4.52 Å². The summed E-state index contributed by atoms with van der Waals surface area (Å²) in [5.74, 6) is 0.481. The van der Waals surface area contributed by atoms with Crippen LogP contribution in [0.5, 0.6) is 0 Å². The molecule has 0 fully saturated rings. The first-order chi connectivity index (χ1) is 12.3. The third-order valence-corrected chi connectivity index (χ3v) is 3.66. The van der Waals surface area contributed by atoms with Gasteiger partial charge in [-0.1, -0.05) is 52.8 Å². The molecule has 0 aliphatic carbocycles. The van der Waals surface area contributed by atoms with Crippen LogP contribution in [-0.2, 0) is 13.0 Å². The average molecular weight is 335 g/mol. The summed E-state index contributed by atoms with van der Waals surface area (Å²) in [6.07, 6.45) is 2.14. The second-order valence-electron chi connectivity index (χ2n) is 5.61. The van der Waals surface area contributed by atoms with E-state index in [1.54, 1.807) is 16.9 Å². The summed E-state index contributed by atoms with van der Waals surface area (Å²) >= 11 is 0. The number of hydrogen-bond donors (Lipinski definition) is 0. The molecular formula is C18H14FN5O. The van der Waals surface area contributed by atoms with Crippen LogP contribution in [0.3, 0.4) is 0 Å². The van der Waals surface area contributed by atoms with Gasteiger partial charge in [-0.2, -0.15) is 4.98 Å². The Labute approximate surface area is 142 Å². The zero-order chi connectivity index (χ0) is 17.1. The quantitative estimate of drug-likeness (QED) is 0.560. The molecule has 0 unspecified atom stereocenters. The van der Waals surface area contributed by atoms with Crippen molar-refractivity contribution in [1.82, 2.24) is 25.1 Å². The van der Waals surface area contributed by atoms with Crippen LogP contribution in [0.2, 0.25) is 0 Å². The summed E-state index contributed by atoms with van der Waals surface area (Å²) in [5, 5.41) is 12.1. The van der Waals surface area contributed by atoms with Gasteiger partial charge in [0, 0.05) is 6.42 Å². The standard InChI is InChI=1S/C18H14FN5O/c19-15-8-4-7-14(9-15)10-17-20-18(25-22-17)16-12-24(23-21-16)11-13-5-2-1-3-6-13/h1-9,12H,10-11H2. The Morgan fingerprint density at radius 3 is 2.68 bits per heavy atom. The van der Waals surface area contributed by atoms with Crippen molar-refractivity contribution in [3.05, 3.63) is 83.6 Å². The van der Waals surface area contributed by atoms with Crippen LogP contribution in [0.1, 0.15) is 17.0 Å². The molecule has 0 N–H and O–H groups in total. The minimum absolute atomic E-state index is 0.287. The van der Waals surface area contributed by atoms with Gasteiger partial charge >= 0.3 is 0 Å². The van der Waals surface area contributed by atoms with Gasteiger partial charge in [0.2, 0.25) is 0 Å². The van der Waals surface area contributed by atoms with E-state index in [9.17, 15) is 4.39 Å². The highest BCUT2D eigenvalue weighted by molar-refractivity contribution is 5.43. The Hall–Kier alpha value is -3.35. The molecule has 2 aromatic carbocycles. The molecule has 6 nitrogen and oxygen atoms in total. The van der Waals surface area contributed by atoms with Gasteiger partial charge in [-0.25, -0.2) is 9.07 Å². The smallest absolute Gasteiger partial charge is 0.280 e. The summed E-state index contributed by atoms with van der Waals surface area (Å²) in [6.45, 7) is 0.609. The maximum Gasteiger partial charge on any atom is 0.280 e. The topological polar surface area (TPSA) is 69.6 Å². The van der Waals surface area contributed by atoms with Crippen LogP contribution >= 0.6 is 0 Å². The molecule has 0 atom stereocenters. The lowest BCUT2D eigenvalue weighted by Crippen LogP contribution is -1.99. The zero-order valence-corrected chi connectivity index (χ0v) is 13.2. The molecule has 2 aromatic heterocycles. The van der Waals surface area contributed by atoms with Crippen LogP contribution < -0.4 is 0 Å². The SMILES string of the molecule is Fc1cccc(Cc2noc(-c3cn(Cc4ccccc4)nn3)n2)c1. The van der Waals surface area contributed by atoms with Crippen molar-refractivity contribution in [3.63, 3.8) is 0 Å². The fraction of sp³-hybridized carbons (Fsp3) is 0.111. The van der Waals surface area contributed by atoms with E-state index in [1.165, 1.54) is 12.1 Å². The molecule has 2 heterocycles. The van der Waals surface area contributed by atoms with Crippen LogP contribution in [0.15, 0.2) is 65.3 Å². The summed E-state index contributed by atoms with van der Waals surface area (Å²) < 4.78 is 20.2. The van der Waals surface area contributed by atoms with Gasteiger partial charge in [0.15, 0.2) is 11.5 Å². The highest BCUT2D eigenvalue weighted by atomic mass is 19.1. The molecule has 0 saturated carbocycles. The predicted octanol–water partition coefficient (Wildman–Crippen LogP) is 3.11. The van der Waals surface area contributed by atoms with Crippen molar-refractivity contribution < 1.29 is 8.91 Å². The van der Waals surface area contributed by atoms with E-state index in [2.05, 4.69) is 20.5 Å². The predicted molar refractivity (Wildman–Crippen MR) is 88.1 cm³/mol. The van der Waals surface area contributed by atoms with Gasteiger partial charge in [0.25, 0.3) is 5.89 Å². The Morgan fingerprint density at radius 1 is 1.00 bits per heavy atom. The largest absolute Gasteiger partial charge is 0.332 e. The molecule has 0 aliphatic heterocycles. The molecule has 4 rings (SSSR count). The number of nitrogens with zero attached hydrogens (tertiary/aromatic N) is 5. The van der Waals surface area contributed by atoms with E-state index in [-0.39, 0.29) is 5.82 Å². The molecule has 0 aliphatic rings. The van der Waals surface area contributed by atoms with Crippen LogP contribution in [0.4, 0.5) is 4.39 Å². The minimum atomic E-state index is -0.287. The Balaban J connectivity index is 1.49. The van der Waals surface area contributed by atoms with E-state index in [0.717, 1.165) is 11.1 Å². The number of benzene rings is 2. The average Bonchev–Trinajstić information content (AvgIpc) is 3.25. The first kappa shape index (κ1) is 15.2. The minimum Gasteiger partial charge on any atom is -0.332 e. The summed E-state index contributed by atoms with van der Waals surface area (Å²) in [5.41, 5.74) is 2.41. The van der Waals surface area contributed by atoms with Crippen LogP contribution in [-0.4, -0.2) is 25.1 Å². The number of halogens is 1. The molecule has 25 heavy (non-hydrogen) atoms. The van der Waals surface area contributed by atoms with Gasteiger partial charge in [-0.15, -0.1) is 5.10 Å². The lowest BCUT2D eigenvalue weighted by molar-refractivity contribution is 0.422. The second-order valence-corrected chi connectivity index (χ2v) is 5.61. The Kier molecular flexibility index (Phi) is 4.04.